The van der Waals surface area contributed by atoms with Crippen LogP contribution in [0.15, 0.2) is 36.4 Å². The number of nitrogens with zero attached hydrogens (tertiary/aromatic N) is 1. The highest BCUT2D eigenvalue weighted by atomic mass is 32.2. The Morgan fingerprint density at radius 1 is 1.14 bits per heavy atom. The van der Waals surface area contributed by atoms with Crippen molar-refractivity contribution < 1.29 is 23.2 Å². The first-order valence-electron chi connectivity index (χ1n) is 9.53. The van der Waals surface area contributed by atoms with E-state index < -0.39 is 33.7 Å². The van der Waals surface area contributed by atoms with Crippen molar-refractivity contribution in [3.8, 4) is 0 Å². The number of sulfonamides is 1. The smallest absolute Gasteiger partial charge is 0.247 e. The highest BCUT2D eigenvalue weighted by Crippen LogP contribution is 2.25. The summed E-state index contributed by atoms with van der Waals surface area (Å²) in [4.78, 5) is 25.2. The highest BCUT2D eigenvalue weighted by molar-refractivity contribution is 7.88. The first kappa shape index (κ1) is 24.8. The first-order chi connectivity index (χ1) is 13.6. The summed E-state index contributed by atoms with van der Waals surface area (Å²) in [6.45, 7) is 5.47. The van der Waals surface area contributed by atoms with E-state index in [1.165, 1.54) is 0 Å². The summed E-state index contributed by atoms with van der Waals surface area (Å²) in [7, 11) is -3.64. The Morgan fingerprint density at radius 2 is 1.76 bits per heavy atom. The number of hydroxylamine groups is 1. The summed E-state index contributed by atoms with van der Waals surface area (Å²) in [5.74, 6) is -2.87. The van der Waals surface area contributed by atoms with Crippen LogP contribution >= 0.6 is 0 Å². The van der Waals surface area contributed by atoms with Crippen molar-refractivity contribution in [2.75, 3.05) is 12.8 Å². The molecule has 0 saturated carbocycles. The van der Waals surface area contributed by atoms with Crippen LogP contribution < -0.4 is 10.9 Å². The number of benzene rings is 1. The molecule has 0 radical (unpaired) electrons. The van der Waals surface area contributed by atoms with Gasteiger partial charge in [-0.15, -0.1) is 4.41 Å². The third-order valence-corrected chi connectivity index (χ3v) is 5.57. The number of rotatable bonds is 11. The number of allylic oxidation sites excluding steroid dienone is 1. The van der Waals surface area contributed by atoms with E-state index in [0.717, 1.165) is 16.2 Å². The molecule has 0 aliphatic heterocycles. The van der Waals surface area contributed by atoms with Crippen LogP contribution in [0.3, 0.4) is 0 Å². The summed E-state index contributed by atoms with van der Waals surface area (Å²) in [6, 6.07) is 9.47. The van der Waals surface area contributed by atoms with Gasteiger partial charge in [0.15, 0.2) is 0 Å². The molecule has 1 aromatic carbocycles. The lowest BCUT2D eigenvalue weighted by molar-refractivity contribution is -0.141. The third-order valence-electron chi connectivity index (χ3n) is 4.42. The summed E-state index contributed by atoms with van der Waals surface area (Å²) in [6.07, 6.45) is 5.15. The molecule has 0 spiro atoms. The van der Waals surface area contributed by atoms with Gasteiger partial charge >= 0.3 is 0 Å². The predicted octanol–water partition coefficient (Wildman–Crippen LogP) is 2.19. The molecule has 1 rings (SSSR count). The van der Waals surface area contributed by atoms with Gasteiger partial charge in [-0.05, 0) is 31.2 Å². The van der Waals surface area contributed by atoms with Crippen LogP contribution in [0, 0.1) is 17.8 Å². The predicted molar refractivity (Wildman–Crippen MR) is 112 cm³/mol. The monoisotopic (exact) mass is 425 g/mol. The van der Waals surface area contributed by atoms with Crippen LogP contribution in [0.25, 0.3) is 6.08 Å². The molecule has 9 heteroatoms. The van der Waals surface area contributed by atoms with Gasteiger partial charge in [-0.2, -0.15) is 0 Å². The van der Waals surface area contributed by atoms with E-state index in [2.05, 4.69) is 5.43 Å². The van der Waals surface area contributed by atoms with Gasteiger partial charge in [-0.25, -0.2) is 13.9 Å². The number of hydrazine groups is 1. The van der Waals surface area contributed by atoms with Crippen molar-refractivity contribution in [2.45, 2.75) is 33.6 Å². The first-order valence-corrected chi connectivity index (χ1v) is 11.4. The minimum Gasteiger partial charge on any atom is -0.289 e. The van der Waals surface area contributed by atoms with Gasteiger partial charge in [0.2, 0.25) is 21.8 Å². The molecule has 1 aromatic rings. The molecule has 0 bridgehead atoms. The highest BCUT2D eigenvalue weighted by Gasteiger charge is 2.35. The average Bonchev–Trinajstić information content (AvgIpc) is 2.67. The summed E-state index contributed by atoms with van der Waals surface area (Å²) < 4.78 is 24.5. The van der Waals surface area contributed by atoms with Crippen LogP contribution in [-0.2, 0) is 19.6 Å². The average molecular weight is 426 g/mol. The van der Waals surface area contributed by atoms with Crippen LogP contribution in [-0.4, -0.2) is 42.7 Å². The lowest BCUT2D eigenvalue weighted by atomic mass is 9.82. The maximum Gasteiger partial charge on any atom is 0.247 e. The van der Waals surface area contributed by atoms with Gasteiger partial charge in [-0.1, -0.05) is 56.3 Å². The number of carbonyl (C=O) groups is 2. The largest absolute Gasteiger partial charge is 0.289 e. The fraction of sp³-hybridized carbons (Fsp3) is 0.500. The quantitative estimate of drug-likeness (QED) is 0.371. The molecular formula is C20H31N3O5S. The minimum atomic E-state index is -3.64. The van der Waals surface area contributed by atoms with Gasteiger partial charge < -0.3 is 0 Å². The molecule has 2 amide bonds. The summed E-state index contributed by atoms with van der Waals surface area (Å²) in [5.41, 5.74) is 4.98. The Balaban J connectivity index is 3.10. The molecule has 2 atom stereocenters. The topological polar surface area (TPSA) is 116 Å². The van der Waals surface area contributed by atoms with Crippen molar-refractivity contribution in [1.82, 2.24) is 15.3 Å². The van der Waals surface area contributed by atoms with Crippen molar-refractivity contribution in [2.24, 2.45) is 17.8 Å². The standard InChI is InChI=1S/C20H31N3O5S/c1-5-23(29(4,27)28)21-19(24)18(14-15(2)3)17(20(25)22-26)13-9-12-16-10-7-6-8-11-16/h6-12,15,17-18,26H,5,13-14H2,1-4H3,(H,21,24)(H,22,25)/b12-9+/t17-,18+/m0/s1. The van der Waals surface area contributed by atoms with E-state index in [9.17, 15) is 23.2 Å². The van der Waals surface area contributed by atoms with Gasteiger partial charge in [0, 0.05) is 6.54 Å². The van der Waals surface area contributed by atoms with Gasteiger partial charge in [0.1, 0.15) is 0 Å². The third kappa shape index (κ3) is 8.35. The zero-order chi connectivity index (χ0) is 22.0. The fourth-order valence-corrected chi connectivity index (χ4v) is 3.74. The Morgan fingerprint density at radius 3 is 2.24 bits per heavy atom. The number of hydrogen-bond acceptors (Lipinski definition) is 5. The Bertz CT molecular complexity index is 794. The van der Waals surface area contributed by atoms with Crippen LogP contribution in [0.2, 0.25) is 0 Å². The van der Waals surface area contributed by atoms with Crippen LogP contribution in [0.4, 0.5) is 0 Å². The zero-order valence-corrected chi connectivity index (χ0v) is 18.1. The molecule has 0 aliphatic rings. The summed E-state index contributed by atoms with van der Waals surface area (Å²) in [5, 5.41) is 9.18. The maximum atomic E-state index is 12.9. The van der Waals surface area contributed by atoms with E-state index in [1.807, 2.05) is 50.3 Å². The van der Waals surface area contributed by atoms with E-state index >= 15 is 0 Å². The van der Waals surface area contributed by atoms with Crippen molar-refractivity contribution in [3.63, 3.8) is 0 Å². The Kier molecular flexibility index (Phi) is 10.0. The molecule has 0 fully saturated rings. The summed E-state index contributed by atoms with van der Waals surface area (Å²) >= 11 is 0. The fourth-order valence-electron chi connectivity index (χ4n) is 3.02. The van der Waals surface area contributed by atoms with E-state index in [4.69, 9.17) is 0 Å². The minimum absolute atomic E-state index is 0.0593. The number of carbonyl (C=O) groups excluding carboxylic acids is 2. The van der Waals surface area contributed by atoms with E-state index in [0.29, 0.717) is 6.42 Å². The molecule has 0 aliphatic carbocycles. The van der Waals surface area contributed by atoms with Crippen molar-refractivity contribution in [3.05, 3.63) is 42.0 Å². The van der Waals surface area contributed by atoms with Gasteiger partial charge in [0.25, 0.3) is 0 Å². The molecular weight excluding hydrogens is 394 g/mol. The van der Waals surface area contributed by atoms with Gasteiger partial charge in [-0.3, -0.25) is 20.2 Å². The van der Waals surface area contributed by atoms with Crippen LogP contribution in [0.1, 0.15) is 39.2 Å². The molecule has 162 valence electrons. The normalized spacial score (nSPS) is 14.2. The van der Waals surface area contributed by atoms with Crippen LogP contribution in [0.5, 0.6) is 0 Å². The molecule has 8 nitrogen and oxygen atoms in total. The van der Waals surface area contributed by atoms with E-state index in [1.54, 1.807) is 18.5 Å². The second-order valence-electron chi connectivity index (χ2n) is 7.27. The molecule has 0 unspecified atom stereocenters. The number of amides is 2. The molecule has 0 heterocycles. The molecule has 29 heavy (non-hydrogen) atoms. The molecule has 0 saturated heterocycles. The van der Waals surface area contributed by atoms with E-state index in [-0.39, 0.29) is 18.9 Å². The molecule has 3 N–H and O–H groups in total. The second kappa shape index (κ2) is 11.7. The van der Waals surface area contributed by atoms with Gasteiger partial charge in [0.05, 0.1) is 18.1 Å². The number of hydrogen-bond donors (Lipinski definition) is 3. The lowest BCUT2D eigenvalue weighted by Gasteiger charge is -2.28. The molecule has 0 aromatic heterocycles. The Hall–Kier alpha value is -2.23. The number of nitrogens with one attached hydrogen (secondary N) is 2. The lowest BCUT2D eigenvalue weighted by Crippen LogP contribution is -2.50. The SMILES string of the molecule is CCN(NC(=O)[C@H](CC(C)C)[C@H](C/C=C/c1ccccc1)C(=O)NO)S(C)(=O)=O. The second-order valence-corrected chi connectivity index (χ2v) is 9.18. The van der Waals surface area contributed by atoms with Crippen molar-refractivity contribution in [1.29, 1.82) is 0 Å². The zero-order valence-electron chi connectivity index (χ0n) is 17.3. The van der Waals surface area contributed by atoms with Crippen molar-refractivity contribution >= 4 is 27.9 Å². The maximum absolute atomic E-state index is 12.9. The Labute approximate surface area is 173 Å².